The van der Waals surface area contributed by atoms with E-state index in [1.54, 1.807) is 24.3 Å². The van der Waals surface area contributed by atoms with E-state index >= 15 is 0 Å². The fraction of sp³-hybridized carbons (Fsp3) is 0.0714. The highest BCUT2D eigenvalue weighted by molar-refractivity contribution is 9.10. The summed E-state index contributed by atoms with van der Waals surface area (Å²) < 4.78 is 2.29. The third-order valence-electron chi connectivity index (χ3n) is 3.05. The summed E-state index contributed by atoms with van der Waals surface area (Å²) in [7, 11) is 0. The smallest absolute Gasteiger partial charge is 0.261 e. The molecule has 0 saturated carbocycles. The number of anilines is 1. The predicted molar refractivity (Wildman–Crippen MR) is 86.5 cm³/mol. The number of nitrogen functional groups attached to an aromatic ring is 1. The Morgan fingerprint density at radius 3 is 2.90 bits per heavy atom. The van der Waals surface area contributed by atoms with Crippen LogP contribution in [0.4, 0.5) is 5.82 Å². The van der Waals surface area contributed by atoms with Gasteiger partial charge in [0.05, 0.1) is 34.5 Å². The van der Waals surface area contributed by atoms with Gasteiger partial charge in [-0.25, -0.2) is 9.97 Å². The number of benzene rings is 1. The molecule has 0 amide bonds. The van der Waals surface area contributed by atoms with Crippen LogP contribution in [0.1, 0.15) is 5.69 Å². The summed E-state index contributed by atoms with van der Waals surface area (Å²) in [5.41, 5.74) is 6.68. The molecule has 21 heavy (non-hydrogen) atoms. The van der Waals surface area contributed by atoms with Crippen LogP contribution in [-0.4, -0.2) is 14.5 Å². The van der Waals surface area contributed by atoms with Gasteiger partial charge in [-0.15, -0.1) is 0 Å². The number of pyridine rings is 1. The van der Waals surface area contributed by atoms with E-state index in [-0.39, 0.29) is 12.1 Å². The van der Waals surface area contributed by atoms with Gasteiger partial charge in [0.25, 0.3) is 5.56 Å². The summed E-state index contributed by atoms with van der Waals surface area (Å²) in [4.78, 5) is 20.9. The lowest BCUT2D eigenvalue weighted by Gasteiger charge is -2.08. The molecule has 2 aromatic heterocycles. The first-order valence-corrected chi connectivity index (χ1v) is 7.27. The van der Waals surface area contributed by atoms with E-state index in [1.807, 2.05) is 6.07 Å². The van der Waals surface area contributed by atoms with Gasteiger partial charge in [-0.3, -0.25) is 9.36 Å². The van der Waals surface area contributed by atoms with Crippen molar-refractivity contribution in [2.75, 3.05) is 5.73 Å². The second kappa shape index (κ2) is 5.46. The van der Waals surface area contributed by atoms with Crippen LogP contribution in [0.2, 0.25) is 5.02 Å². The Kier molecular flexibility index (Phi) is 3.65. The van der Waals surface area contributed by atoms with E-state index in [9.17, 15) is 4.79 Å². The maximum atomic E-state index is 12.5. The summed E-state index contributed by atoms with van der Waals surface area (Å²) in [6.07, 6.45) is 1.49. The quantitative estimate of drug-likeness (QED) is 0.758. The summed E-state index contributed by atoms with van der Waals surface area (Å²) in [6, 6.07) is 8.65. The lowest BCUT2D eigenvalue weighted by Crippen LogP contribution is -2.22. The minimum absolute atomic E-state index is 0.151. The maximum absolute atomic E-state index is 12.5. The molecule has 0 aliphatic carbocycles. The first-order chi connectivity index (χ1) is 10.0. The minimum atomic E-state index is -0.151. The highest BCUT2D eigenvalue weighted by Gasteiger charge is 2.08. The van der Waals surface area contributed by atoms with E-state index in [0.717, 1.165) is 4.47 Å². The summed E-state index contributed by atoms with van der Waals surface area (Å²) in [5, 5.41) is 0.998. The minimum Gasteiger partial charge on any atom is -0.384 e. The van der Waals surface area contributed by atoms with Gasteiger partial charge < -0.3 is 5.73 Å². The molecule has 0 radical (unpaired) electrons. The molecule has 0 bridgehead atoms. The van der Waals surface area contributed by atoms with Gasteiger partial charge in [0, 0.05) is 4.47 Å². The summed E-state index contributed by atoms with van der Waals surface area (Å²) in [6.45, 7) is 0.220. The van der Waals surface area contributed by atoms with Crippen LogP contribution in [0.15, 0.2) is 45.9 Å². The number of nitrogens with two attached hydrogens (primary N) is 1. The van der Waals surface area contributed by atoms with Crippen molar-refractivity contribution in [3.05, 3.63) is 62.2 Å². The largest absolute Gasteiger partial charge is 0.384 e. The number of halogens is 2. The van der Waals surface area contributed by atoms with Crippen molar-refractivity contribution in [2.24, 2.45) is 0 Å². The molecule has 0 aliphatic heterocycles. The van der Waals surface area contributed by atoms with Crippen molar-refractivity contribution in [2.45, 2.75) is 6.54 Å². The Morgan fingerprint density at radius 1 is 1.29 bits per heavy atom. The van der Waals surface area contributed by atoms with Crippen molar-refractivity contribution in [3.63, 3.8) is 0 Å². The van der Waals surface area contributed by atoms with Crippen molar-refractivity contribution in [1.82, 2.24) is 14.5 Å². The van der Waals surface area contributed by atoms with E-state index in [1.165, 1.54) is 10.9 Å². The van der Waals surface area contributed by atoms with Crippen LogP contribution < -0.4 is 11.3 Å². The Hall–Kier alpha value is -1.92. The molecule has 0 unspecified atom stereocenters. The van der Waals surface area contributed by atoms with Crippen LogP contribution in [0.25, 0.3) is 10.9 Å². The second-order valence-corrected chi connectivity index (χ2v) is 5.83. The van der Waals surface area contributed by atoms with E-state index in [2.05, 4.69) is 25.9 Å². The van der Waals surface area contributed by atoms with Crippen LogP contribution in [0.3, 0.4) is 0 Å². The van der Waals surface area contributed by atoms with Crippen molar-refractivity contribution >= 4 is 44.3 Å². The molecule has 1 aromatic carbocycles. The van der Waals surface area contributed by atoms with Crippen molar-refractivity contribution in [1.29, 1.82) is 0 Å². The molecular formula is C14H10BrClN4O. The van der Waals surface area contributed by atoms with Crippen LogP contribution in [0, 0.1) is 0 Å². The Morgan fingerprint density at radius 2 is 2.10 bits per heavy atom. The molecule has 2 N–H and O–H groups in total. The van der Waals surface area contributed by atoms with Gasteiger partial charge in [-0.2, -0.15) is 0 Å². The summed E-state index contributed by atoms with van der Waals surface area (Å²) in [5.74, 6) is 0.360. The lowest BCUT2D eigenvalue weighted by molar-refractivity contribution is 0.731. The molecule has 7 heteroatoms. The molecule has 0 fully saturated rings. The molecular weight excluding hydrogens is 356 g/mol. The Balaban J connectivity index is 2.11. The zero-order chi connectivity index (χ0) is 15.0. The van der Waals surface area contributed by atoms with Crippen LogP contribution in [0.5, 0.6) is 0 Å². The topological polar surface area (TPSA) is 73.8 Å². The van der Waals surface area contributed by atoms with Crippen LogP contribution in [-0.2, 0) is 6.54 Å². The predicted octanol–water partition coefficient (Wildman–Crippen LogP) is 2.84. The van der Waals surface area contributed by atoms with E-state index < -0.39 is 0 Å². The number of fused-ring (bicyclic) bond motifs is 1. The van der Waals surface area contributed by atoms with Crippen molar-refractivity contribution in [3.8, 4) is 0 Å². The molecule has 0 spiro atoms. The molecule has 3 aromatic rings. The normalized spacial score (nSPS) is 11.0. The Labute approximate surface area is 133 Å². The standard InChI is InChI=1S/C14H10BrClN4O/c15-8-1-3-11-9(5-8)14(21)20(7-18-11)6-12-10(16)2-4-13(17)19-12/h1-5,7H,6H2,(H2,17,19). The van der Waals surface area contributed by atoms with Gasteiger partial charge >= 0.3 is 0 Å². The van der Waals surface area contributed by atoms with Crippen LogP contribution >= 0.6 is 27.5 Å². The zero-order valence-electron chi connectivity index (χ0n) is 10.8. The third-order valence-corrected chi connectivity index (χ3v) is 3.88. The zero-order valence-corrected chi connectivity index (χ0v) is 13.1. The molecule has 0 aliphatic rings. The second-order valence-electron chi connectivity index (χ2n) is 4.50. The van der Waals surface area contributed by atoms with E-state index in [4.69, 9.17) is 17.3 Å². The SMILES string of the molecule is Nc1ccc(Cl)c(Cn2cnc3ccc(Br)cc3c2=O)n1. The molecule has 0 atom stereocenters. The molecule has 0 saturated heterocycles. The average Bonchev–Trinajstić information content (AvgIpc) is 2.46. The maximum Gasteiger partial charge on any atom is 0.261 e. The van der Waals surface area contributed by atoms with Gasteiger partial charge in [-0.1, -0.05) is 27.5 Å². The number of nitrogens with zero attached hydrogens (tertiary/aromatic N) is 3. The molecule has 2 heterocycles. The third kappa shape index (κ3) is 2.77. The fourth-order valence-corrected chi connectivity index (χ4v) is 2.54. The number of hydrogen-bond donors (Lipinski definition) is 1. The molecule has 3 rings (SSSR count). The first-order valence-electron chi connectivity index (χ1n) is 6.10. The van der Waals surface area contributed by atoms with Gasteiger partial charge in [0.1, 0.15) is 5.82 Å². The monoisotopic (exact) mass is 364 g/mol. The highest BCUT2D eigenvalue weighted by atomic mass is 79.9. The van der Waals surface area contributed by atoms with Gasteiger partial charge in [-0.05, 0) is 30.3 Å². The Bertz CT molecular complexity index is 894. The van der Waals surface area contributed by atoms with Gasteiger partial charge in [0.15, 0.2) is 0 Å². The number of aromatic nitrogens is 3. The highest BCUT2D eigenvalue weighted by Crippen LogP contribution is 2.17. The molecule has 5 nitrogen and oxygen atoms in total. The van der Waals surface area contributed by atoms with E-state index in [0.29, 0.717) is 27.4 Å². The fourth-order valence-electron chi connectivity index (χ4n) is 2.02. The lowest BCUT2D eigenvalue weighted by atomic mass is 10.2. The first kappa shape index (κ1) is 14.0. The average molecular weight is 366 g/mol. The number of hydrogen-bond acceptors (Lipinski definition) is 4. The van der Waals surface area contributed by atoms with Crippen molar-refractivity contribution < 1.29 is 0 Å². The summed E-state index contributed by atoms with van der Waals surface area (Å²) >= 11 is 9.43. The number of rotatable bonds is 2. The van der Waals surface area contributed by atoms with Gasteiger partial charge in [0.2, 0.25) is 0 Å². The molecule has 106 valence electrons.